The number of hydrogen-bond donors (Lipinski definition) is 1. The second-order valence-corrected chi connectivity index (χ2v) is 4.99. The molecule has 0 atom stereocenters. The minimum atomic E-state index is -2.80. The lowest BCUT2D eigenvalue weighted by molar-refractivity contribution is -0.0498. The van der Waals surface area contributed by atoms with E-state index < -0.39 is 6.61 Å². The third kappa shape index (κ3) is 4.42. The van der Waals surface area contributed by atoms with E-state index in [0.717, 1.165) is 11.3 Å². The zero-order chi connectivity index (χ0) is 14.4. The standard InChI is InChI=1S/C15H15F2NOS/c1-20-14-7-5-11(6-8-14)10-18-12-3-2-4-13(9-12)19-15(16)17/h2-9,15,18H,10H2,1H3. The topological polar surface area (TPSA) is 21.3 Å². The first-order valence-corrected chi connectivity index (χ1v) is 7.31. The van der Waals surface area contributed by atoms with Crippen LogP contribution in [0.3, 0.4) is 0 Å². The summed E-state index contributed by atoms with van der Waals surface area (Å²) in [6.45, 7) is -2.17. The Bertz CT molecular complexity index is 546. The number of anilines is 1. The van der Waals surface area contributed by atoms with Gasteiger partial charge in [0.25, 0.3) is 0 Å². The second-order valence-electron chi connectivity index (χ2n) is 4.11. The van der Waals surface area contributed by atoms with Gasteiger partial charge < -0.3 is 10.1 Å². The third-order valence-electron chi connectivity index (χ3n) is 2.71. The van der Waals surface area contributed by atoms with Crippen LogP contribution in [0.5, 0.6) is 5.75 Å². The minimum Gasteiger partial charge on any atom is -0.435 e. The summed E-state index contributed by atoms with van der Waals surface area (Å²) in [5, 5.41) is 3.18. The summed E-state index contributed by atoms with van der Waals surface area (Å²) >= 11 is 1.69. The van der Waals surface area contributed by atoms with E-state index in [2.05, 4.69) is 22.2 Å². The first-order valence-electron chi connectivity index (χ1n) is 6.09. The molecule has 0 aromatic heterocycles. The van der Waals surface area contributed by atoms with Crippen LogP contribution in [0.15, 0.2) is 53.4 Å². The summed E-state index contributed by atoms with van der Waals surface area (Å²) in [5.74, 6) is 0.155. The summed E-state index contributed by atoms with van der Waals surface area (Å²) < 4.78 is 28.6. The van der Waals surface area contributed by atoms with Crippen molar-refractivity contribution < 1.29 is 13.5 Å². The molecule has 2 aromatic carbocycles. The molecule has 20 heavy (non-hydrogen) atoms. The molecule has 0 aliphatic carbocycles. The molecule has 0 aliphatic heterocycles. The number of rotatable bonds is 6. The Kier molecular flexibility index (Phi) is 5.24. The largest absolute Gasteiger partial charge is 0.435 e. The molecular formula is C15H15F2NOS. The highest BCUT2D eigenvalue weighted by Crippen LogP contribution is 2.20. The summed E-state index contributed by atoms with van der Waals surface area (Å²) in [4.78, 5) is 1.21. The van der Waals surface area contributed by atoms with Crippen LogP contribution in [0.2, 0.25) is 0 Å². The Labute approximate surface area is 121 Å². The van der Waals surface area contributed by atoms with E-state index in [0.29, 0.717) is 6.54 Å². The maximum atomic E-state index is 12.1. The molecule has 2 rings (SSSR count). The van der Waals surface area contributed by atoms with Crippen molar-refractivity contribution >= 4 is 17.4 Å². The number of alkyl halides is 2. The molecule has 106 valence electrons. The van der Waals surface area contributed by atoms with E-state index in [1.165, 1.54) is 11.0 Å². The lowest BCUT2D eigenvalue weighted by Gasteiger charge is -2.09. The second kappa shape index (κ2) is 7.14. The fourth-order valence-corrected chi connectivity index (χ4v) is 2.14. The Morgan fingerprint density at radius 1 is 1.15 bits per heavy atom. The highest BCUT2D eigenvalue weighted by molar-refractivity contribution is 7.98. The molecule has 0 unspecified atom stereocenters. The number of ether oxygens (including phenoxy) is 1. The van der Waals surface area contributed by atoms with Crippen LogP contribution in [0.25, 0.3) is 0 Å². The van der Waals surface area contributed by atoms with E-state index in [4.69, 9.17) is 0 Å². The van der Waals surface area contributed by atoms with Gasteiger partial charge >= 0.3 is 6.61 Å². The number of hydrogen-bond acceptors (Lipinski definition) is 3. The molecule has 0 fully saturated rings. The Hall–Kier alpha value is -1.75. The van der Waals surface area contributed by atoms with Crippen LogP contribution in [0.4, 0.5) is 14.5 Å². The molecule has 0 bridgehead atoms. The molecule has 0 saturated heterocycles. The van der Waals surface area contributed by atoms with Crippen molar-refractivity contribution in [1.29, 1.82) is 0 Å². The number of thioether (sulfide) groups is 1. The maximum Gasteiger partial charge on any atom is 0.387 e. The zero-order valence-corrected chi connectivity index (χ0v) is 11.8. The first-order chi connectivity index (χ1) is 9.67. The summed E-state index contributed by atoms with van der Waals surface area (Å²) in [7, 11) is 0. The highest BCUT2D eigenvalue weighted by atomic mass is 32.2. The molecule has 1 N–H and O–H groups in total. The van der Waals surface area contributed by atoms with Gasteiger partial charge in [-0.2, -0.15) is 8.78 Å². The fraction of sp³-hybridized carbons (Fsp3) is 0.200. The van der Waals surface area contributed by atoms with Crippen LogP contribution in [0.1, 0.15) is 5.56 Å². The summed E-state index contributed by atoms with van der Waals surface area (Å²) in [6, 6.07) is 14.7. The van der Waals surface area contributed by atoms with Gasteiger partial charge in [-0.25, -0.2) is 0 Å². The van der Waals surface area contributed by atoms with E-state index >= 15 is 0 Å². The average molecular weight is 295 g/mol. The first kappa shape index (κ1) is 14.7. The van der Waals surface area contributed by atoms with Gasteiger partial charge in [-0.15, -0.1) is 11.8 Å². The van der Waals surface area contributed by atoms with Gasteiger partial charge in [0.1, 0.15) is 5.75 Å². The quantitative estimate of drug-likeness (QED) is 0.786. The summed E-state index contributed by atoms with van der Waals surface area (Å²) in [6.07, 6.45) is 2.03. The molecule has 2 aromatic rings. The predicted molar refractivity (Wildman–Crippen MR) is 78.6 cm³/mol. The van der Waals surface area contributed by atoms with E-state index in [1.54, 1.807) is 23.9 Å². The molecular weight excluding hydrogens is 280 g/mol. The lowest BCUT2D eigenvalue weighted by atomic mass is 10.2. The van der Waals surface area contributed by atoms with Gasteiger partial charge in [-0.1, -0.05) is 18.2 Å². The summed E-state index contributed by atoms with van der Waals surface area (Å²) in [5.41, 5.74) is 1.88. The van der Waals surface area contributed by atoms with Crippen molar-refractivity contribution in [2.45, 2.75) is 18.1 Å². The Balaban J connectivity index is 1.95. The van der Waals surface area contributed by atoms with Crippen molar-refractivity contribution in [3.8, 4) is 5.75 Å². The van der Waals surface area contributed by atoms with Gasteiger partial charge in [0.2, 0.25) is 0 Å². The van der Waals surface area contributed by atoms with Gasteiger partial charge in [0.05, 0.1) is 0 Å². The van der Waals surface area contributed by atoms with Crippen LogP contribution < -0.4 is 10.1 Å². The van der Waals surface area contributed by atoms with Crippen molar-refractivity contribution in [3.05, 3.63) is 54.1 Å². The van der Waals surface area contributed by atoms with Crippen LogP contribution in [-0.2, 0) is 6.54 Å². The minimum absolute atomic E-state index is 0.155. The molecule has 0 heterocycles. The zero-order valence-electron chi connectivity index (χ0n) is 11.0. The van der Waals surface area contributed by atoms with E-state index in [-0.39, 0.29) is 5.75 Å². The number of halogens is 2. The number of benzene rings is 2. The van der Waals surface area contributed by atoms with E-state index in [9.17, 15) is 8.78 Å². The SMILES string of the molecule is CSc1ccc(CNc2cccc(OC(F)F)c2)cc1. The monoisotopic (exact) mass is 295 g/mol. The van der Waals surface area contributed by atoms with Gasteiger partial charge in [-0.3, -0.25) is 0 Å². The van der Waals surface area contributed by atoms with Crippen molar-refractivity contribution in [1.82, 2.24) is 0 Å². The predicted octanol–water partition coefficient (Wildman–Crippen LogP) is 4.62. The smallest absolute Gasteiger partial charge is 0.387 e. The third-order valence-corrected chi connectivity index (χ3v) is 3.46. The van der Waals surface area contributed by atoms with Crippen LogP contribution in [0, 0.1) is 0 Å². The molecule has 0 aliphatic rings. The molecule has 0 saturated carbocycles. The normalized spacial score (nSPS) is 10.6. The van der Waals surface area contributed by atoms with Crippen molar-refractivity contribution in [3.63, 3.8) is 0 Å². The van der Waals surface area contributed by atoms with Crippen molar-refractivity contribution in [2.75, 3.05) is 11.6 Å². The Morgan fingerprint density at radius 2 is 1.90 bits per heavy atom. The van der Waals surface area contributed by atoms with E-state index in [1.807, 2.05) is 24.5 Å². The molecule has 2 nitrogen and oxygen atoms in total. The highest BCUT2D eigenvalue weighted by Gasteiger charge is 2.04. The maximum absolute atomic E-state index is 12.1. The van der Waals surface area contributed by atoms with Gasteiger partial charge in [0, 0.05) is 23.2 Å². The van der Waals surface area contributed by atoms with Crippen molar-refractivity contribution in [2.24, 2.45) is 0 Å². The molecule has 0 amide bonds. The number of nitrogens with one attached hydrogen (secondary N) is 1. The van der Waals surface area contributed by atoms with Gasteiger partial charge in [-0.05, 0) is 36.1 Å². The molecule has 0 spiro atoms. The molecule has 5 heteroatoms. The Morgan fingerprint density at radius 3 is 2.55 bits per heavy atom. The average Bonchev–Trinajstić information content (AvgIpc) is 2.45. The fourth-order valence-electron chi connectivity index (χ4n) is 1.73. The van der Waals surface area contributed by atoms with Crippen LogP contribution >= 0.6 is 11.8 Å². The molecule has 0 radical (unpaired) electrons. The van der Waals surface area contributed by atoms with Crippen LogP contribution in [-0.4, -0.2) is 12.9 Å². The van der Waals surface area contributed by atoms with Gasteiger partial charge in [0.15, 0.2) is 0 Å². The lowest BCUT2D eigenvalue weighted by Crippen LogP contribution is -2.03.